The highest BCUT2D eigenvalue weighted by molar-refractivity contribution is 5.17. The third-order valence-corrected chi connectivity index (χ3v) is 0.990. The van der Waals surface area contributed by atoms with E-state index in [4.69, 9.17) is 5.11 Å². The van der Waals surface area contributed by atoms with Gasteiger partial charge < -0.3 is 5.11 Å². The van der Waals surface area contributed by atoms with Crippen molar-refractivity contribution in [2.75, 3.05) is 0 Å². The molecule has 1 heterocycles. The van der Waals surface area contributed by atoms with Crippen molar-refractivity contribution in [2.24, 2.45) is 0 Å². The minimum atomic E-state index is -0.275. The number of hydrogen-bond donors (Lipinski definition) is 3. The average Bonchev–Trinajstić information content (AvgIpc) is 1.98. The summed E-state index contributed by atoms with van der Waals surface area (Å²) in [6.07, 6.45) is 0. The van der Waals surface area contributed by atoms with E-state index in [-0.39, 0.29) is 11.4 Å². The fourth-order valence-corrected chi connectivity index (χ4v) is 0.411. The van der Waals surface area contributed by atoms with Crippen LogP contribution in [0.25, 0.3) is 0 Å². The van der Waals surface area contributed by atoms with Crippen molar-refractivity contribution in [3.63, 3.8) is 0 Å². The Labute approximate surface area is 45.1 Å². The van der Waals surface area contributed by atoms with E-state index < -0.39 is 0 Å². The van der Waals surface area contributed by atoms with E-state index in [1.54, 1.807) is 0 Å². The van der Waals surface area contributed by atoms with Gasteiger partial charge in [-0.05, 0) is 6.92 Å². The molecule has 1 aromatic heterocycles. The maximum Gasteiger partial charge on any atom is 0.270 e. The van der Waals surface area contributed by atoms with Crippen LogP contribution < -0.4 is 5.56 Å². The van der Waals surface area contributed by atoms with Crippen LogP contribution in [0.1, 0.15) is 5.56 Å². The highest BCUT2D eigenvalue weighted by Gasteiger charge is 1.98. The second-order valence-electron chi connectivity index (χ2n) is 1.55. The van der Waals surface area contributed by atoms with Crippen LogP contribution in [0.4, 0.5) is 0 Å². The molecule has 4 heteroatoms. The Kier molecular flexibility index (Phi) is 0.865. The van der Waals surface area contributed by atoms with E-state index in [1.807, 2.05) is 0 Å². The molecule has 0 aliphatic carbocycles. The second kappa shape index (κ2) is 1.40. The second-order valence-corrected chi connectivity index (χ2v) is 1.55. The van der Waals surface area contributed by atoms with Crippen LogP contribution in [0.15, 0.2) is 4.79 Å². The number of rotatable bonds is 0. The fourth-order valence-electron chi connectivity index (χ4n) is 0.411. The van der Waals surface area contributed by atoms with Crippen LogP contribution in [-0.4, -0.2) is 15.3 Å². The van der Waals surface area contributed by atoms with E-state index >= 15 is 0 Å². The molecule has 1 aromatic rings. The van der Waals surface area contributed by atoms with Gasteiger partial charge in [0.2, 0.25) is 5.88 Å². The van der Waals surface area contributed by atoms with Gasteiger partial charge in [-0.3, -0.25) is 15.0 Å². The largest absolute Gasteiger partial charge is 0.493 e. The predicted molar refractivity (Wildman–Crippen MR) is 27.8 cm³/mol. The summed E-state index contributed by atoms with van der Waals surface area (Å²) in [5.41, 5.74) is 0.0486. The molecule has 0 fully saturated rings. The van der Waals surface area contributed by atoms with Gasteiger partial charge in [0.1, 0.15) is 0 Å². The summed E-state index contributed by atoms with van der Waals surface area (Å²) in [5.74, 6) is -0.0880. The maximum atomic E-state index is 10.4. The van der Waals surface area contributed by atoms with Crippen LogP contribution in [0, 0.1) is 6.92 Å². The van der Waals surface area contributed by atoms with Crippen molar-refractivity contribution < 1.29 is 5.11 Å². The molecule has 0 unspecified atom stereocenters. The van der Waals surface area contributed by atoms with Crippen molar-refractivity contribution in [3.8, 4) is 5.88 Å². The third-order valence-electron chi connectivity index (χ3n) is 0.990. The molecular formula is C4H6N2O2. The molecule has 0 saturated carbocycles. The highest BCUT2D eigenvalue weighted by atomic mass is 16.3. The summed E-state index contributed by atoms with van der Waals surface area (Å²) >= 11 is 0. The Morgan fingerprint density at radius 1 is 1.50 bits per heavy atom. The first-order chi connectivity index (χ1) is 3.72. The van der Waals surface area contributed by atoms with Gasteiger partial charge >= 0.3 is 0 Å². The molecule has 0 aliphatic rings. The Morgan fingerprint density at radius 2 is 2.12 bits per heavy atom. The van der Waals surface area contributed by atoms with Crippen molar-refractivity contribution in [1.29, 1.82) is 0 Å². The Bertz CT molecular complexity index is 234. The minimum absolute atomic E-state index is 0.0880. The smallest absolute Gasteiger partial charge is 0.270 e. The lowest BCUT2D eigenvalue weighted by atomic mass is 10.4. The normalized spacial score (nSPS) is 9.62. The van der Waals surface area contributed by atoms with E-state index in [9.17, 15) is 4.79 Å². The molecule has 1 rings (SSSR count). The molecule has 0 amide bonds. The number of hydrogen-bond acceptors (Lipinski definition) is 2. The standard InChI is InChI=1S/C4H6N2O2/c1-2-3(7)5-6-4(2)8/h1H3,(H3,5,6,7,8). The lowest BCUT2D eigenvalue weighted by molar-refractivity contribution is 0.448. The monoisotopic (exact) mass is 114 g/mol. The predicted octanol–water partition coefficient (Wildman–Crippen LogP) is -0.283. The molecule has 0 bridgehead atoms. The molecule has 0 aromatic carbocycles. The SMILES string of the molecule is Cc1c(O)[nH][nH]c1=O. The lowest BCUT2D eigenvalue weighted by Crippen LogP contribution is -2.00. The van der Waals surface area contributed by atoms with Crippen molar-refractivity contribution in [3.05, 3.63) is 15.9 Å². The highest BCUT2D eigenvalue weighted by Crippen LogP contribution is 2.01. The van der Waals surface area contributed by atoms with Crippen molar-refractivity contribution in [2.45, 2.75) is 6.92 Å². The quantitative estimate of drug-likeness (QED) is 0.434. The summed E-state index contributed by atoms with van der Waals surface area (Å²) in [6.45, 7) is 1.53. The first-order valence-electron chi connectivity index (χ1n) is 2.18. The molecule has 8 heavy (non-hydrogen) atoms. The van der Waals surface area contributed by atoms with E-state index in [1.165, 1.54) is 6.92 Å². The molecule has 0 radical (unpaired) electrons. The molecule has 3 N–H and O–H groups in total. The van der Waals surface area contributed by atoms with Gasteiger partial charge in [0.05, 0.1) is 5.56 Å². The summed E-state index contributed by atoms with van der Waals surface area (Å²) in [6, 6.07) is 0. The van der Waals surface area contributed by atoms with Crippen LogP contribution in [0.5, 0.6) is 5.88 Å². The van der Waals surface area contributed by atoms with E-state index in [0.717, 1.165) is 0 Å². The lowest BCUT2D eigenvalue weighted by Gasteiger charge is -1.77. The van der Waals surface area contributed by atoms with Crippen LogP contribution in [0.2, 0.25) is 0 Å². The number of aromatic hydroxyl groups is 1. The first kappa shape index (κ1) is 4.96. The Morgan fingerprint density at radius 3 is 2.25 bits per heavy atom. The molecule has 0 aliphatic heterocycles. The van der Waals surface area contributed by atoms with Gasteiger partial charge in [0.15, 0.2) is 0 Å². The fraction of sp³-hybridized carbons (Fsp3) is 0.250. The zero-order valence-electron chi connectivity index (χ0n) is 4.36. The zero-order valence-corrected chi connectivity index (χ0v) is 4.36. The van der Waals surface area contributed by atoms with Crippen LogP contribution >= 0.6 is 0 Å². The average molecular weight is 114 g/mol. The summed E-state index contributed by atoms with van der Waals surface area (Å²) in [4.78, 5) is 10.4. The number of nitrogens with one attached hydrogen (secondary N) is 2. The molecular weight excluding hydrogens is 108 g/mol. The molecule has 0 saturated heterocycles. The Balaban J connectivity index is 3.41. The summed E-state index contributed by atoms with van der Waals surface area (Å²) in [7, 11) is 0. The van der Waals surface area contributed by atoms with Crippen molar-refractivity contribution >= 4 is 0 Å². The zero-order chi connectivity index (χ0) is 6.15. The minimum Gasteiger partial charge on any atom is -0.493 e. The number of aromatic nitrogens is 2. The summed E-state index contributed by atoms with van der Waals surface area (Å²) in [5, 5.41) is 13.1. The van der Waals surface area contributed by atoms with Crippen LogP contribution in [-0.2, 0) is 0 Å². The molecule has 44 valence electrons. The van der Waals surface area contributed by atoms with Gasteiger partial charge in [-0.2, -0.15) is 0 Å². The number of aromatic amines is 2. The van der Waals surface area contributed by atoms with Crippen LogP contribution in [0.3, 0.4) is 0 Å². The van der Waals surface area contributed by atoms with E-state index in [0.29, 0.717) is 5.56 Å². The third kappa shape index (κ3) is 0.501. The maximum absolute atomic E-state index is 10.4. The van der Waals surface area contributed by atoms with E-state index in [2.05, 4.69) is 10.2 Å². The van der Waals surface area contributed by atoms with Gasteiger partial charge in [0, 0.05) is 0 Å². The molecule has 0 spiro atoms. The summed E-state index contributed by atoms with van der Waals surface area (Å²) < 4.78 is 0. The van der Waals surface area contributed by atoms with Crippen molar-refractivity contribution in [1.82, 2.24) is 10.2 Å². The Hall–Kier alpha value is -1.19. The van der Waals surface area contributed by atoms with Gasteiger partial charge in [-0.15, -0.1) is 0 Å². The van der Waals surface area contributed by atoms with Gasteiger partial charge in [-0.1, -0.05) is 0 Å². The van der Waals surface area contributed by atoms with Gasteiger partial charge in [-0.25, -0.2) is 0 Å². The van der Waals surface area contributed by atoms with Gasteiger partial charge in [0.25, 0.3) is 5.56 Å². The first-order valence-corrected chi connectivity index (χ1v) is 2.18. The number of H-pyrrole nitrogens is 2. The molecule has 0 atom stereocenters. The topological polar surface area (TPSA) is 68.9 Å². The molecule has 4 nitrogen and oxygen atoms in total.